The van der Waals surface area contributed by atoms with Crippen LogP contribution in [0.4, 0.5) is 11.4 Å². The Kier molecular flexibility index (Phi) is 5.86. The van der Waals surface area contributed by atoms with Crippen LogP contribution in [0.2, 0.25) is 5.02 Å². The third kappa shape index (κ3) is 4.88. The summed E-state index contributed by atoms with van der Waals surface area (Å²) >= 11 is 11.1. The number of nitro groups is 1. The minimum atomic E-state index is -0.725. The molecule has 8 heteroatoms. The van der Waals surface area contributed by atoms with Crippen molar-refractivity contribution < 1.29 is 10.0 Å². The van der Waals surface area contributed by atoms with Gasteiger partial charge in [0.05, 0.1) is 21.7 Å². The molecule has 0 aliphatic carbocycles. The van der Waals surface area contributed by atoms with Gasteiger partial charge < -0.3 is 15.7 Å². The number of anilines is 1. The van der Waals surface area contributed by atoms with Crippen LogP contribution in [0, 0.1) is 10.1 Å². The SMILES string of the molecule is O=[N+]([O-])c1ccc(Cl)c(NC(=S)NC[C@H](O)c2ccccc2)c1. The van der Waals surface area contributed by atoms with Crippen molar-refractivity contribution in [2.45, 2.75) is 6.10 Å². The number of non-ortho nitro benzene ring substituents is 1. The average molecular weight is 352 g/mol. The van der Waals surface area contributed by atoms with Gasteiger partial charge in [0.25, 0.3) is 5.69 Å². The molecule has 1 atom stereocenters. The van der Waals surface area contributed by atoms with Crippen LogP contribution in [0.15, 0.2) is 48.5 Å². The molecule has 0 fully saturated rings. The summed E-state index contributed by atoms with van der Waals surface area (Å²) in [6, 6.07) is 13.2. The lowest BCUT2D eigenvalue weighted by Gasteiger charge is -2.15. The van der Waals surface area contributed by atoms with Gasteiger partial charge in [-0.25, -0.2) is 0 Å². The zero-order valence-electron chi connectivity index (χ0n) is 11.9. The van der Waals surface area contributed by atoms with Crippen molar-refractivity contribution in [3.05, 3.63) is 69.2 Å². The molecule has 0 heterocycles. The van der Waals surface area contributed by atoms with E-state index in [4.69, 9.17) is 23.8 Å². The molecule has 0 aromatic heterocycles. The number of rotatable bonds is 5. The topological polar surface area (TPSA) is 87.4 Å². The van der Waals surface area contributed by atoms with Crippen molar-refractivity contribution in [3.8, 4) is 0 Å². The molecular weight excluding hydrogens is 338 g/mol. The highest BCUT2D eigenvalue weighted by molar-refractivity contribution is 7.80. The van der Waals surface area contributed by atoms with Crippen LogP contribution in [0.1, 0.15) is 11.7 Å². The van der Waals surface area contributed by atoms with Crippen molar-refractivity contribution in [1.82, 2.24) is 5.32 Å². The summed E-state index contributed by atoms with van der Waals surface area (Å²) in [5.41, 5.74) is 0.993. The summed E-state index contributed by atoms with van der Waals surface area (Å²) < 4.78 is 0. The molecule has 0 saturated heterocycles. The summed E-state index contributed by atoms with van der Waals surface area (Å²) in [6.07, 6.45) is -0.725. The molecule has 2 aromatic rings. The molecule has 120 valence electrons. The Balaban J connectivity index is 1.95. The molecule has 2 aromatic carbocycles. The van der Waals surface area contributed by atoms with Crippen LogP contribution in [0.25, 0.3) is 0 Å². The minimum Gasteiger partial charge on any atom is -0.387 e. The maximum atomic E-state index is 10.8. The minimum absolute atomic E-state index is 0.0935. The normalized spacial score (nSPS) is 11.6. The van der Waals surface area contributed by atoms with Crippen molar-refractivity contribution in [3.63, 3.8) is 0 Å². The lowest BCUT2D eigenvalue weighted by Crippen LogP contribution is -2.32. The van der Waals surface area contributed by atoms with Gasteiger partial charge in [-0.05, 0) is 23.8 Å². The first-order chi connectivity index (χ1) is 11.0. The first-order valence-electron chi connectivity index (χ1n) is 6.69. The van der Waals surface area contributed by atoms with Gasteiger partial charge in [0, 0.05) is 18.7 Å². The van der Waals surface area contributed by atoms with Gasteiger partial charge in [-0.1, -0.05) is 41.9 Å². The predicted molar refractivity (Wildman–Crippen MR) is 93.7 cm³/mol. The molecular formula is C15H14ClN3O3S. The van der Waals surface area contributed by atoms with Gasteiger partial charge in [-0.2, -0.15) is 0 Å². The molecule has 0 spiro atoms. The Hall–Kier alpha value is -2.22. The molecule has 0 unspecified atom stereocenters. The number of nitro benzene ring substituents is 1. The van der Waals surface area contributed by atoms with E-state index in [1.54, 1.807) is 12.1 Å². The lowest BCUT2D eigenvalue weighted by molar-refractivity contribution is -0.384. The number of hydrogen-bond donors (Lipinski definition) is 3. The number of thiocarbonyl (C=S) groups is 1. The van der Waals surface area contributed by atoms with Crippen molar-refractivity contribution in [1.29, 1.82) is 0 Å². The first-order valence-corrected chi connectivity index (χ1v) is 7.48. The molecule has 0 saturated carbocycles. The van der Waals surface area contributed by atoms with E-state index in [0.717, 1.165) is 5.56 Å². The zero-order valence-corrected chi connectivity index (χ0v) is 13.5. The van der Waals surface area contributed by atoms with Crippen LogP contribution in [0.5, 0.6) is 0 Å². The van der Waals surface area contributed by atoms with Gasteiger partial charge >= 0.3 is 0 Å². The Morgan fingerprint density at radius 2 is 2.00 bits per heavy atom. The van der Waals surface area contributed by atoms with E-state index in [1.807, 2.05) is 18.2 Å². The Bertz CT molecular complexity index is 712. The molecule has 0 aliphatic heterocycles. The van der Waals surface area contributed by atoms with E-state index < -0.39 is 11.0 Å². The van der Waals surface area contributed by atoms with Gasteiger partial charge in [-0.3, -0.25) is 10.1 Å². The third-order valence-electron chi connectivity index (χ3n) is 3.05. The molecule has 2 rings (SSSR count). The first kappa shape index (κ1) is 17.1. The number of aliphatic hydroxyl groups is 1. The van der Waals surface area contributed by atoms with Crippen LogP contribution < -0.4 is 10.6 Å². The van der Waals surface area contributed by atoms with Crippen LogP contribution >= 0.6 is 23.8 Å². The second-order valence-electron chi connectivity index (χ2n) is 4.68. The summed E-state index contributed by atoms with van der Waals surface area (Å²) in [5, 5.41) is 27.0. The van der Waals surface area contributed by atoms with E-state index in [2.05, 4.69) is 10.6 Å². The molecule has 6 nitrogen and oxygen atoms in total. The van der Waals surface area contributed by atoms with Gasteiger partial charge in [0.2, 0.25) is 0 Å². The van der Waals surface area contributed by atoms with Crippen molar-refractivity contribution >= 4 is 40.3 Å². The fourth-order valence-corrected chi connectivity index (χ4v) is 2.23. The van der Waals surface area contributed by atoms with Gasteiger partial charge in [0.15, 0.2) is 5.11 Å². The smallest absolute Gasteiger partial charge is 0.271 e. The van der Waals surface area contributed by atoms with E-state index in [1.165, 1.54) is 18.2 Å². The number of nitrogens with one attached hydrogen (secondary N) is 2. The molecule has 0 amide bonds. The van der Waals surface area contributed by atoms with E-state index >= 15 is 0 Å². The molecule has 0 bridgehead atoms. The monoisotopic (exact) mass is 351 g/mol. The highest BCUT2D eigenvalue weighted by atomic mass is 35.5. The van der Waals surface area contributed by atoms with Crippen molar-refractivity contribution in [2.75, 3.05) is 11.9 Å². The van der Waals surface area contributed by atoms with Gasteiger partial charge in [-0.15, -0.1) is 0 Å². The Labute approximate surface area is 143 Å². The maximum Gasteiger partial charge on any atom is 0.271 e. The highest BCUT2D eigenvalue weighted by Gasteiger charge is 2.12. The lowest BCUT2D eigenvalue weighted by atomic mass is 10.1. The largest absolute Gasteiger partial charge is 0.387 e. The number of hydrogen-bond acceptors (Lipinski definition) is 4. The summed E-state index contributed by atoms with van der Waals surface area (Å²) in [6.45, 7) is 0.197. The van der Waals surface area contributed by atoms with Crippen LogP contribution in [-0.2, 0) is 0 Å². The van der Waals surface area contributed by atoms with E-state index in [-0.39, 0.29) is 17.3 Å². The Morgan fingerprint density at radius 1 is 1.30 bits per heavy atom. The average Bonchev–Trinajstić information content (AvgIpc) is 2.55. The van der Waals surface area contributed by atoms with E-state index in [9.17, 15) is 15.2 Å². The second-order valence-corrected chi connectivity index (χ2v) is 5.50. The van der Waals surface area contributed by atoms with Crippen LogP contribution in [0.3, 0.4) is 0 Å². The molecule has 23 heavy (non-hydrogen) atoms. The number of benzene rings is 2. The number of aliphatic hydroxyl groups excluding tert-OH is 1. The zero-order chi connectivity index (χ0) is 16.8. The number of halogens is 1. The predicted octanol–water partition coefficient (Wildman–Crippen LogP) is 3.27. The van der Waals surface area contributed by atoms with Crippen molar-refractivity contribution in [2.24, 2.45) is 0 Å². The van der Waals surface area contributed by atoms with Crippen LogP contribution in [-0.4, -0.2) is 21.7 Å². The molecule has 0 aliphatic rings. The number of nitrogens with zero attached hydrogens (tertiary/aromatic N) is 1. The molecule has 0 radical (unpaired) electrons. The third-order valence-corrected chi connectivity index (χ3v) is 3.63. The van der Waals surface area contributed by atoms with E-state index in [0.29, 0.717) is 10.7 Å². The summed E-state index contributed by atoms with van der Waals surface area (Å²) in [7, 11) is 0. The summed E-state index contributed by atoms with van der Waals surface area (Å²) in [5.74, 6) is 0. The Morgan fingerprint density at radius 3 is 2.65 bits per heavy atom. The fourth-order valence-electron chi connectivity index (χ4n) is 1.87. The molecule has 3 N–H and O–H groups in total. The quantitative estimate of drug-likeness (QED) is 0.435. The standard InChI is InChI=1S/C15H14ClN3O3S/c16-12-7-6-11(19(21)22)8-13(12)18-15(23)17-9-14(20)10-4-2-1-3-5-10/h1-8,14,20H,9H2,(H2,17,18,23)/t14-/m0/s1. The van der Waals surface area contributed by atoms with Gasteiger partial charge in [0.1, 0.15) is 0 Å². The highest BCUT2D eigenvalue weighted by Crippen LogP contribution is 2.26. The maximum absolute atomic E-state index is 10.8. The summed E-state index contributed by atoms with van der Waals surface area (Å²) in [4.78, 5) is 10.3. The second kappa shape index (κ2) is 7.87. The fraction of sp³-hybridized carbons (Fsp3) is 0.133.